The van der Waals surface area contributed by atoms with E-state index in [2.05, 4.69) is 4.98 Å². The van der Waals surface area contributed by atoms with Crippen molar-refractivity contribution < 1.29 is 17.9 Å². The minimum absolute atomic E-state index is 0.0842. The van der Waals surface area contributed by atoms with E-state index in [1.54, 1.807) is 6.92 Å². The highest BCUT2D eigenvalue weighted by atomic mass is 19.1. The molecule has 2 aromatic rings. The van der Waals surface area contributed by atoms with Crippen LogP contribution in [-0.2, 0) is 0 Å². The number of nitrogens with zero attached hydrogens (tertiary/aromatic N) is 1. The predicted octanol–water partition coefficient (Wildman–Crippen LogP) is 2.89. The van der Waals surface area contributed by atoms with Crippen LogP contribution in [0, 0.1) is 24.4 Å². The number of anilines is 1. The number of halogens is 3. The molecule has 0 amide bonds. The lowest BCUT2D eigenvalue weighted by molar-refractivity contribution is 0.413. The maximum Gasteiger partial charge on any atom is 0.258 e. The van der Waals surface area contributed by atoms with Crippen molar-refractivity contribution in [3.05, 3.63) is 47.3 Å². The molecule has 1 aromatic carbocycles. The average molecular weight is 269 g/mol. The van der Waals surface area contributed by atoms with Crippen LogP contribution in [0.1, 0.15) is 5.56 Å². The molecule has 1 aromatic heterocycles. The number of aromatic nitrogens is 1. The van der Waals surface area contributed by atoms with E-state index >= 15 is 0 Å². The first-order valence-corrected chi connectivity index (χ1v) is 5.28. The van der Waals surface area contributed by atoms with Crippen molar-refractivity contribution in [2.45, 2.75) is 6.92 Å². The number of nitrogen functional groups attached to an aromatic ring is 1. The second-order valence-corrected chi connectivity index (χ2v) is 3.76. The summed E-state index contributed by atoms with van der Waals surface area (Å²) in [6.45, 7) is 1.65. The van der Waals surface area contributed by atoms with Crippen LogP contribution in [0.15, 0.2) is 24.3 Å². The van der Waals surface area contributed by atoms with Gasteiger partial charge in [0.1, 0.15) is 11.6 Å². The van der Waals surface area contributed by atoms with E-state index in [1.807, 2.05) is 5.43 Å². The van der Waals surface area contributed by atoms with E-state index in [1.165, 1.54) is 12.1 Å². The van der Waals surface area contributed by atoms with Crippen molar-refractivity contribution in [1.29, 1.82) is 0 Å². The molecule has 100 valence electrons. The van der Waals surface area contributed by atoms with Crippen LogP contribution in [0.2, 0.25) is 0 Å². The Morgan fingerprint density at radius 3 is 2.58 bits per heavy atom. The van der Waals surface area contributed by atoms with Gasteiger partial charge >= 0.3 is 0 Å². The molecule has 0 bridgehead atoms. The fourth-order valence-electron chi connectivity index (χ4n) is 1.41. The topological polar surface area (TPSA) is 60.2 Å². The smallest absolute Gasteiger partial charge is 0.258 e. The van der Waals surface area contributed by atoms with Crippen LogP contribution < -0.4 is 16.0 Å². The number of hydrogen-bond donors (Lipinski definition) is 2. The summed E-state index contributed by atoms with van der Waals surface area (Å²) >= 11 is 0. The number of hydrogen-bond acceptors (Lipinski definition) is 4. The number of aryl methyl sites for hydroxylation is 1. The Bertz CT molecular complexity index is 619. The number of nitrogens with one attached hydrogen (secondary N) is 1. The lowest BCUT2D eigenvalue weighted by Crippen LogP contribution is -2.11. The fourth-order valence-corrected chi connectivity index (χ4v) is 1.41. The summed E-state index contributed by atoms with van der Waals surface area (Å²) in [7, 11) is 0. The van der Waals surface area contributed by atoms with Gasteiger partial charge in [0, 0.05) is 12.1 Å². The maximum atomic E-state index is 13.5. The molecular formula is C12H10F3N3O. The number of nitrogens with two attached hydrogens (primary N) is 1. The Kier molecular flexibility index (Phi) is 3.57. The maximum absolute atomic E-state index is 13.5. The summed E-state index contributed by atoms with van der Waals surface area (Å²) in [5, 5.41) is 0. The summed E-state index contributed by atoms with van der Waals surface area (Å²) in [4.78, 5) is 3.53. The van der Waals surface area contributed by atoms with Crippen molar-refractivity contribution in [3.63, 3.8) is 0 Å². The van der Waals surface area contributed by atoms with Crippen LogP contribution in [0.5, 0.6) is 11.6 Å². The van der Waals surface area contributed by atoms with Crippen LogP contribution in [0.3, 0.4) is 0 Å². The van der Waals surface area contributed by atoms with Crippen LogP contribution in [0.25, 0.3) is 0 Å². The summed E-state index contributed by atoms with van der Waals surface area (Å²) in [5.74, 6) is 1.73. The molecule has 2 rings (SSSR count). The second kappa shape index (κ2) is 5.15. The summed E-state index contributed by atoms with van der Waals surface area (Å²) < 4.78 is 44.9. The minimum Gasteiger partial charge on any atom is -0.436 e. The zero-order chi connectivity index (χ0) is 14.0. The summed E-state index contributed by atoms with van der Waals surface area (Å²) in [6, 6.07) is 4.36. The Morgan fingerprint density at radius 1 is 1.16 bits per heavy atom. The molecule has 0 saturated heterocycles. The molecule has 0 saturated carbocycles. The SMILES string of the molecule is Cc1ccc(F)cc1Oc1nc(NN)c(F)cc1F. The molecule has 0 radical (unpaired) electrons. The highest BCUT2D eigenvalue weighted by molar-refractivity contribution is 5.41. The molecule has 4 nitrogen and oxygen atoms in total. The molecule has 1 heterocycles. The average Bonchev–Trinajstić information content (AvgIpc) is 2.37. The molecule has 0 unspecified atom stereocenters. The first-order chi connectivity index (χ1) is 9.01. The Labute approximate surface area is 107 Å². The molecule has 19 heavy (non-hydrogen) atoms. The molecule has 3 N–H and O–H groups in total. The molecule has 0 aliphatic heterocycles. The first kappa shape index (κ1) is 13.2. The normalized spacial score (nSPS) is 10.4. The van der Waals surface area contributed by atoms with E-state index in [-0.39, 0.29) is 11.6 Å². The molecule has 0 fully saturated rings. The Morgan fingerprint density at radius 2 is 1.89 bits per heavy atom. The lowest BCUT2D eigenvalue weighted by atomic mass is 10.2. The largest absolute Gasteiger partial charge is 0.436 e. The Balaban J connectivity index is 2.40. The fraction of sp³-hybridized carbons (Fsp3) is 0.0833. The predicted molar refractivity (Wildman–Crippen MR) is 63.2 cm³/mol. The molecular weight excluding hydrogens is 259 g/mol. The summed E-state index contributed by atoms with van der Waals surface area (Å²) in [5.41, 5.74) is 2.55. The Hall–Kier alpha value is -2.28. The zero-order valence-electron chi connectivity index (χ0n) is 9.88. The quantitative estimate of drug-likeness (QED) is 0.664. The van der Waals surface area contributed by atoms with Crippen molar-refractivity contribution >= 4 is 5.82 Å². The second-order valence-electron chi connectivity index (χ2n) is 3.76. The van der Waals surface area contributed by atoms with Gasteiger partial charge in [-0.05, 0) is 18.6 Å². The number of hydrazine groups is 1. The van der Waals surface area contributed by atoms with Crippen molar-refractivity contribution in [2.75, 3.05) is 5.43 Å². The third-order valence-corrected chi connectivity index (χ3v) is 2.39. The van der Waals surface area contributed by atoms with Gasteiger partial charge in [0.25, 0.3) is 5.88 Å². The van der Waals surface area contributed by atoms with Crippen LogP contribution in [-0.4, -0.2) is 4.98 Å². The van der Waals surface area contributed by atoms with Crippen LogP contribution >= 0.6 is 0 Å². The first-order valence-electron chi connectivity index (χ1n) is 5.28. The van der Waals surface area contributed by atoms with Crippen molar-refractivity contribution in [2.24, 2.45) is 5.84 Å². The zero-order valence-corrected chi connectivity index (χ0v) is 9.88. The number of rotatable bonds is 3. The monoisotopic (exact) mass is 269 g/mol. The lowest BCUT2D eigenvalue weighted by Gasteiger charge is -2.10. The third-order valence-electron chi connectivity index (χ3n) is 2.39. The molecule has 0 aliphatic carbocycles. The highest BCUT2D eigenvalue weighted by Crippen LogP contribution is 2.28. The number of pyridine rings is 1. The molecule has 0 spiro atoms. The van der Waals surface area contributed by atoms with Gasteiger partial charge in [-0.15, -0.1) is 0 Å². The van der Waals surface area contributed by atoms with E-state index in [4.69, 9.17) is 10.6 Å². The van der Waals surface area contributed by atoms with Gasteiger partial charge in [-0.1, -0.05) is 6.07 Å². The van der Waals surface area contributed by atoms with Gasteiger partial charge < -0.3 is 10.2 Å². The van der Waals surface area contributed by atoms with Crippen LogP contribution in [0.4, 0.5) is 19.0 Å². The van der Waals surface area contributed by atoms with Crippen molar-refractivity contribution in [1.82, 2.24) is 4.98 Å². The number of benzene rings is 1. The number of ether oxygens (including phenoxy) is 1. The van der Waals surface area contributed by atoms with Crippen molar-refractivity contribution in [3.8, 4) is 11.6 Å². The van der Waals surface area contributed by atoms with Gasteiger partial charge in [0.2, 0.25) is 0 Å². The van der Waals surface area contributed by atoms with E-state index < -0.39 is 23.3 Å². The highest BCUT2D eigenvalue weighted by Gasteiger charge is 2.14. The van der Waals surface area contributed by atoms with Gasteiger partial charge in [-0.25, -0.2) is 19.0 Å². The van der Waals surface area contributed by atoms with E-state index in [0.29, 0.717) is 11.6 Å². The molecule has 7 heteroatoms. The molecule has 0 atom stereocenters. The van der Waals surface area contributed by atoms with Gasteiger partial charge in [-0.2, -0.15) is 4.98 Å². The molecule has 0 aliphatic rings. The summed E-state index contributed by atoms with van der Waals surface area (Å²) in [6.07, 6.45) is 0. The standard InChI is InChI=1S/C12H10F3N3O/c1-6-2-3-7(13)4-10(6)19-12-9(15)5-8(14)11(17-12)18-16/h2-5H,16H2,1H3,(H,17,18). The van der Waals surface area contributed by atoms with E-state index in [0.717, 1.165) is 6.07 Å². The third kappa shape index (κ3) is 2.76. The van der Waals surface area contributed by atoms with Gasteiger partial charge in [0.15, 0.2) is 17.5 Å². The minimum atomic E-state index is -1.01. The van der Waals surface area contributed by atoms with E-state index in [9.17, 15) is 13.2 Å². The van der Waals surface area contributed by atoms with Gasteiger partial charge in [-0.3, -0.25) is 0 Å². The van der Waals surface area contributed by atoms with Gasteiger partial charge in [0.05, 0.1) is 0 Å².